The van der Waals surface area contributed by atoms with Crippen molar-refractivity contribution in [2.45, 2.75) is 26.3 Å². The number of anilines is 1. The molecule has 0 aromatic carbocycles. The molecule has 0 fully saturated rings. The van der Waals surface area contributed by atoms with Gasteiger partial charge in [0.1, 0.15) is 0 Å². The molecule has 0 aliphatic heterocycles. The molecule has 1 aromatic heterocycles. The summed E-state index contributed by atoms with van der Waals surface area (Å²) in [5.41, 5.74) is 12.4. The highest BCUT2D eigenvalue weighted by Crippen LogP contribution is 2.14. The van der Waals surface area contributed by atoms with Crippen molar-refractivity contribution in [1.29, 1.82) is 0 Å². The van der Waals surface area contributed by atoms with E-state index in [1.54, 1.807) is 12.3 Å². The van der Waals surface area contributed by atoms with Crippen LogP contribution < -0.4 is 11.5 Å². The lowest BCUT2D eigenvalue weighted by Crippen LogP contribution is -2.29. The number of hydrogen-bond donors (Lipinski definition) is 2. The summed E-state index contributed by atoms with van der Waals surface area (Å²) in [6.07, 6.45) is 3.37. The molecule has 0 saturated heterocycles. The third-order valence-electron chi connectivity index (χ3n) is 2.43. The fraction of sp³-hybridized carbons (Fsp3) is 0.455. The third kappa shape index (κ3) is 3.02. The summed E-state index contributed by atoms with van der Waals surface area (Å²) in [5.74, 6) is 0.244. The van der Waals surface area contributed by atoms with Gasteiger partial charge in [0.05, 0.1) is 5.56 Å². The Labute approximate surface area is 89.7 Å². The number of hydrogen-bond acceptors (Lipinski definition) is 4. The number of nitrogens with two attached hydrogens (primary N) is 2. The minimum Gasteiger partial charge on any atom is -0.398 e. The van der Waals surface area contributed by atoms with E-state index in [9.17, 15) is 4.79 Å². The maximum atomic E-state index is 11.8. The maximum absolute atomic E-state index is 11.8. The molecule has 0 saturated carbocycles. The van der Waals surface area contributed by atoms with Crippen LogP contribution in [0.1, 0.15) is 30.6 Å². The molecule has 0 amide bonds. The zero-order chi connectivity index (χ0) is 11.4. The van der Waals surface area contributed by atoms with Gasteiger partial charge < -0.3 is 11.5 Å². The second kappa shape index (κ2) is 4.89. The van der Waals surface area contributed by atoms with Gasteiger partial charge in [-0.25, -0.2) is 0 Å². The van der Waals surface area contributed by atoms with E-state index in [0.717, 1.165) is 0 Å². The molecule has 0 radical (unpaired) electrons. The molecule has 1 heterocycles. The van der Waals surface area contributed by atoms with Crippen LogP contribution in [0.15, 0.2) is 18.5 Å². The van der Waals surface area contributed by atoms with E-state index in [1.807, 2.05) is 13.8 Å². The number of ketones is 1. The average molecular weight is 207 g/mol. The van der Waals surface area contributed by atoms with Gasteiger partial charge in [0.25, 0.3) is 0 Å². The summed E-state index contributed by atoms with van der Waals surface area (Å²) in [6.45, 7) is 3.98. The van der Waals surface area contributed by atoms with Crippen molar-refractivity contribution in [2.24, 2.45) is 11.7 Å². The third-order valence-corrected chi connectivity index (χ3v) is 2.43. The number of nitrogens with zero attached hydrogens (tertiary/aromatic N) is 1. The van der Waals surface area contributed by atoms with E-state index < -0.39 is 0 Å². The van der Waals surface area contributed by atoms with Crippen molar-refractivity contribution in [2.75, 3.05) is 5.73 Å². The number of carbonyl (C=O) groups is 1. The molecule has 4 nitrogen and oxygen atoms in total. The van der Waals surface area contributed by atoms with Crippen LogP contribution in [0.2, 0.25) is 0 Å². The van der Waals surface area contributed by atoms with Crippen LogP contribution >= 0.6 is 0 Å². The number of carbonyl (C=O) groups excluding carboxylic acids is 1. The smallest absolute Gasteiger partial charge is 0.168 e. The van der Waals surface area contributed by atoms with Crippen molar-refractivity contribution in [3.8, 4) is 0 Å². The quantitative estimate of drug-likeness (QED) is 0.727. The number of aromatic nitrogens is 1. The van der Waals surface area contributed by atoms with Gasteiger partial charge >= 0.3 is 0 Å². The summed E-state index contributed by atoms with van der Waals surface area (Å²) in [6, 6.07) is 1.49. The van der Waals surface area contributed by atoms with Gasteiger partial charge in [-0.1, -0.05) is 13.8 Å². The minimum atomic E-state index is -0.128. The summed E-state index contributed by atoms with van der Waals surface area (Å²) in [5, 5.41) is 0. The molecular formula is C11H17N3O. The highest BCUT2D eigenvalue weighted by atomic mass is 16.1. The van der Waals surface area contributed by atoms with E-state index in [1.165, 1.54) is 6.20 Å². The molecule has 0 aliphatic rings. The van der Waals surface area contributed by atoms with Crippen LogP contribution in [0.25, 0.3) is 0 Å². The molecular weight excluding hydrogens is 190 g/mol. The predicted molar refractivity (Wildman–Crippen MR) is 60.4 cm³/mol. The Morgan fingerprint density at radius 3 is 2.73 bits per heavy atom. The molecule has 0 bridgehead atoms. The van der Waals surface area contributed by atoms with Crippen LogP contribution in [-0.4, -0.2) is 16.8 Å². The second-order valence-electron chi connectivity index (χ2n) is 4.00. The van der Waals surface area contributed by atoms with Gasteiger partial charge in [-0.3, -0.25) is 9.78 Å². The van der Waals surface area contributed by atoms with Crippen LogP contribution in [0.5, 0.6) is 0 Å². The monoisotopic (exact) mass is 207 g/mol. The molecule has 1 rings (SSSR count). The van der Waals surface area contributed by atoms with Gasteiger partial charge in [0.15, 0.2) is 5.78 Å². The van der Waals surface area contributed by atoms with Gasteiger partial charge in [0.2, 0.25) is 0 Å². The van der Waals surface area contributed by atoms with Crippen molar-refractivity contribution in [3.63, 3.8) is 0 Å². The molecule has 1 aromatic rings. The Hall–Kier alpha value is -1.42. The topological polar surface area (TPSA) is 82.0 Å². The first-order valence-electron chi connectivity index (χ1n) is 5.00. The van der Waals surface area contributed by atoms with E-state index in [4.69, 9.17) is 11.5 Å². The lowest BCUT2D eigenvalue weighted by molar-refractivity contribution is 0.0968. The highest BCUT2D eigenvalue weighted by molar-refractivity contribution is 6.00. The van der Waals surface area contributed by atoms with Crippen LogP contribution in [-0.2, 0) is 0 Å². The van der Waals surface area contributed by atoms with Crippen LogP contribution in [0, 0.1) is 5.92 Å². The lowest BCUT2D eigenvalue weighted by Gasteiger charge is -2.14. The normalized spacial score (nSPS) is 12.8. The fourth-order valence-corrected chi connectivity index (χ4v) is 1.20. The van der Waals surface area contributed by atoms with E-state index in [2.05, 4.69) is 4.98 Å². The number of Topliss-reactive ketones (excluding diaryl/α,β-unsaturated/α-hetero) is 1. The van der Waals surface area contributed by atoms with Gasteiger partial charge in [-0.05, 0) is 12.0 Å². The second-order valence-corrected chi connectivity index (χ2v) is 4.00. The standard InChI is InChI=1S/C11H17N3O/c1-7(2)10(13)5-11(15)8-6-14-4-3-9(8)12/h3-4,6-7,10H,5,13H2,1-2H3,(H2,12,14). The summed E-state index contributed by atoms with van der Waals surface area (Å²) < 4.78 is 0. The van der Waals surface area contributed by atoms with Gasteiger partial charge in [-0.15, -0.1) is 0 Å². The SMILES string of the molecule is CC(C)C(N)CC(=O)c1cnccc1N. The minimum absolute atomic E-state index is 0.0400. The first-order chi connectivity index (χ1) is 7.02. The van der Waals surface area contributed by atoms with Crippen molar-refractivity contribution in [1.82, 2.24) is 4.98 Å². The van der Waals surface area contributed by atoms with Crippen molar-refractivity contribution < 1.29 is 4.79 Å². The number of pyridine rings is 1. The molecule has 0 spiro atoms. The first kappa shape index (κ1) is 11.7. The highest BCUT2D eigenvalue weighted by Gasteiger charge is 2.16. The molecule has 0 aliphatic carbocycles. The first-order valence-corrected chi connectivity index (χ1v) is 5.00. The molecule has 1 unspecified atom stereocenters. The van der Waals surface area contributed by atoms with Crippen LogP contribution in [0.3, 0.4) is 0 Å². The van der Waals surface area contributed by atoms with E-state index in [0.29, 0.717) is 17.7 Å². The van der Waals surface area contributed by atoms with Gasteiger partial charge in [-0.2, -0.15) is 0 Å². The van der Waals surface area contributed by atoms with E-state index in [-0.39, 0.29) is 17.7 Å². The lowest BCUT2D eigenvalue weighted by atomic mass is 9.97. The van der Waals surface area contributed by atoms with Crippen molar-refractivity contribution >= 4 is 11.5 Å². The Kier molecular flexibility index (Phi) is 3.80. The number of rotatable bonds is 4. The van der Waals surface area contributed by atoms with Crippen LogP contribution in [0.4, 0.5) is 5.69 Å². The summed E-state index contributed by atoms with van der Waals surface area (Å²) in [7, 11) is 0. The molecule has 4 N–H and O–H groups in total. The Bertz CT molecular complexity index is 349. The molecule has 82 valence electrons. The maximum Gasteiger partial charge on any atom is 0.168 e. The zero-order valence-electron chi connectivity index (χ0n) is 9.10. The predicted octanol–water partition coefficient (Wildman–Crippen LogP) is 1.22. The fourth-order valence-electron chi connectivity index (χ4n) is 1.20. The Morgan fingerprint density at radius 2 is 2.20 bits per heavy atom. The van der Waals surface area contributed by atoms with E-state index >= 15 is 0 Å². The van der Waals surface area contributed by atoms with Gasteiger partial charge in [0, 0.05) is 30.5 Å². The Morgan fingerprint density at radius 1 is 1.53 bits per heavy atom. The number of nitrogen functional groups attached to an aromatic ring is 1. The Balaban J connectivity index is 2.74. The zero-order valence-corrected chi connectivity index (χ0v) is 9.10. The molecule has 1 atom stereocenters. The largest absolute Gasteiger partial charge is 0.398 e. The van der Waals surface area contributed by atoms with Crippen molar-refractivity contribution in [3.05, 3.63) is 24.0 Å². The summed E-state index contributed by atoms with van der Waals surface area (Å²) >= 11 is 0. The average Bonchev–Trinajstić information content (AvgIpc) is 2.18. The molecule has 15 heavy (non-hydrogen) atoms. The molecule has 4 heteroatoms. The summed E-state index contributed by atoms with van der Waals surface area (Å²) in [4.78, 5) is 15.7.